The van der Waals surface area contributed by atoms with E-state index in [0.717, 1.165) is 56.5 Å². The number of hydrogen-bond donors (Lipinski definition) is 0. The summed E-state index contributed by atoms with van der Waals surface area (Å²) in [6.45, 7) is 6.78. The number of ether oxygens (including phenoxy) is 1. The Labute approximate surface area is 196 Å². The van der Waals surface area contributed by atoms with Crippen molar-refractivity contribution in [2.75, 3.05) is 33.3 Å². The minimum atomic E-state index is -0.532. The van der Waals surface area contributed by atoms with E-state index in [4.69, 9.17) is 4.74 Å². The molecule has 7 heteroatoms. The molecule has 0 aliphatic carbocycles. The molecule has 1 aromatic carbocycles. The monoisotopic (exact) mass is 452 g/mol. The van der Waals surface area contributed by atoms with Crippen LogP contribution in [0.2, 0.25) is 0 Å². The summed E-state index contributed by atoms with van der Waals surface area (Å²) < 4.78 is 7.83. The molecule has 2 aliphatic rings. The van der Waals surface area contributed by atoms with Crippen molar-refractivity contribution in [1.29, 1.82) is 0 Å². The second kappa shape index (κ2) is 9.98. The van der Waals surface area contributed by atoms with Gasteiger partial charge in [-0.3, -0.25) is 14.3 Å². The summed E-state index contributed by atoms with van der Waals surface area (Å²) in [5.41, 5.74) is 2.09. The summed E-state index contributed by atoms with van der Waals surface area (Å²) in [7, 11) is 1.86. The fraction of sp³-hybridized carbons (Fsp3) is 0.577. The first-order chi connectivity index (χ1) is 15.9. The minimum absolute atomic E-state index is 0.00916. The molecule has 0 radical (unpaired) electrons. The molecule has 7 nitrogen and oxygen atoms in total. The van der Waals surface area contributed by atoms with E-state index in [0.29, 0.717) is 31.8 Å². The number of likely N-dealkylation sites (tertiary alicyclic amines) is 1. The summed E-state index contributed by atoms with van der Waals surface area (Å²) in [4.78, 5) is 30.8. The van der Waals surface area contributed by atoms with Gasteiger partial charge in [-0.25, -0.2) is 0 Å². The first-order valence-electron chi connectivity index (χ1n) is 12.2. The molecule has 2 aromatic rings. The number of likely N-dealkylation sites (N-methyl/N-ethyl adjacent to an activating group) is 1. The topological polar surface area (TPSA) is 67.7 Å². The van der Waals surface area contributed by atoms with Gasteiger partial charge in [0, 0.05) is 32.9 Å². The Kier molecular flexibility index (Phi) is 7.05. The van der Waals surface area contributed by atoms with Gasteiger partial charge in [0.15, 0.2) is 0 Å². The fourth-order valence-corrected chi connectivity index (χ4v) is 5.28. The summed E-state index contributed by atoms with van der Waals surface area (Å²) in [6, 6.07) is 8.19. The first-order valence-corrected chi connectivity index (χ1v) is 12.2. The second-order valence-electron chi connectivity index (χ2n) is 9.48. The van der Waals surface area contributed by atoms with Crippen molar-refractivity contribution < 1.29 is 14.3 Å². The molecule has 1 atom stereocenters. The SMILES string of the molecule is CCn1cc(C(=O)N2CCCC3(CCCCc4ccccc4OCCN(C)C3=O)C2)c(C)n1. The van der Waals surface area contributed by atoms with E-state index >= 15 is 0 Å². The van der Waals surface area contributed by atoms with Crippen molar-refractivity contribution in [1.82, 2.24) is 19.6 Å². The molecule has 1 saturated heterocycles. The standard InChI is InChI=1S/C26H36N4O3/c1-4-30-18-22(20(2)27-30)24(31)29-15-9-14-26(19-29)13-8-7-11-21-10-5-6-12-23(21)33-17-16-28(3)25(26)32/h5-6,10,12,18H,4,7-9,11,13-17,19H2,1-3H3. The number of benzene rings is 1. The zero-order valence-electron chi connectivity index (χ0n) is 20.2. The Bertz CT molecular complexity index is 1000. The molecule has 0 bridgehead atoms. The minimum Gasteiger partial charge on any atom is -0.491 e. The number of fused-ring (bicyclic) bond motifs is 1. The fourth-order valence-electron chi connectivity index (χ4n) is 5.28. The summed E-state index contributed by atoms with van der Waals surface area (Å²) in [5, 5.41) is 4.44. The van der Waals surface area contributed by atoms with Gasteiger partial charge >= 0.3 is 0 Å². The summed E-state index contributed by atoms with van der Waals surface area (Å²) >= 11 is 0. The number of piperidine rings is 1. The van der Waals surface area contributed by atoms with Crippen LogP contribution in [0.3, 0.4) is 0 Å². The predicted molar refractivity (Wildman–Crippen MR) is 127 cm³/mol. The van der Waals surface area contributed by atoms with Gasteiger partial charge in [0.2, 0.25) is 5.91 Å². The number of para-hydroxylation sites is 1. The van der Waals surface area contributed by atoms with Gasteiger partial charge in [0.1, 0.15) is 12.4 Å². The lowest BCUT2D eigenvalue weighted by Gasteiger charge is -2.43. The van der Waals surface area contributed by atoms with Crippen LogP contribution in [-0.4, -0.2) is 64.7 Å². The summed E-state index contributed by atoms with van der Waals surface area (Å²) in [5.74, 6) is 1.05. The van der Waals surface area contributed by atoms with Crippen LogP contribution in [-0.2, 0) is 17.8 Å². The number of amides is 2. The van der Waals surface area contributed by atoms with Gasteiger partial charge in [-0.05, 0) is 57.6 Å². The highest BCUT2D eigenvalue weighted by Crippen LogP contribution is 2.38. The molecule has 0 N–H and O–H groups in total. The molecule has 4 rings (SSSR count). The van der Waals surface area contributed by atoms with E-state index in [1.54, 1.807) is 9.58 Å². The molecule has 1 spiro atoms. The van der Waals surface area contributed by atoms with Crippen molar-refractivity contribution in [3.63, 3.8) is 0 Å². The molecule has 1 fully saturated rings. The van der Waals surface area contributed by atoms with Crippen LogP contribution in [0.25, 0.3) is 0 Å². The van der Waals surface area contributed by atoms with Gasteiger partial charge < -0.3 is 14.5 Å². The highest BCUT2D eigenvalue weighted by molar-refractivity contribution is 5.95. The van der Waals surface area contributed by atoms with Crippen LogP contribution >= 0.6 is 0 Å². The average molecular weight is 453 g/mol. The molecular formula is C26H36N4O3. The van der Waals surface area contributed by atoms with Crippen molar-refractivity contribution in [3.05, 3.63) is 47.3 Å². The number of hydrogen-bond acceptors (Lipinski definition) is 4. The largest absolute Gasteiger partial charge is 0.491 e. The van der Waals surface area contributed by atoms with Crippen molar-refractivity contribution in [2.45, 2.75) is 58.9 Å². The van der Waals surface area contributed by atoms with Crippen molar-refractivity contribution >= 4 is 11.8 Å². The van der Waals surface area contributed by atoms with E-state index < -0.39 is 5.41 Å². The maximum absolute atomic E-state index is 13.7. The lowest BCUT2D eigenvalue weighted by molar-refractivity contribution is -0.144. The molecule has 1 aromatic heterocycles. The van der Waals surface area contributed by atoms with Gasteiger partial charge in [-0.15, -0.1) is 0 Å². The van der Waals surface area contributed by atoms with Crippen molar-refractivity contribution in [3.8, 4) is 5.75 Å². The highest BCUT2D eigenvalue weighted by Gasteiger charge is 2.44. The normalized spacial score (nSPS) is 22.3. The Balaban J connectivity index is 1.54. The van der Waals surface area contributed by atoms with Gasteiger partial charge in [0.05, 0.1) is 23.2 Å². The number of nitrogens with zero attached hydrogens (tertiary/aromatic N) is 4. The van der Waals surface area contributed by atoms with E-state index in [-0.39, 0.29) is 11.8 Å². The molecule has 178 valence electrons. The second-order valence-corrected chi connectivity index (χ2v) is 9.48. The van der Waals surface area contributed by atoms with Gasteiger partial charge in [0.25, 0.3) is 5.91 Å². The Morgan fingerprint density at radius 3 is 2.73 bits per heavy atom. The smallest absolute Gasteiger partial charge is 0.257 e. The van der Waals surface area contributed by atoms with E-state index in [9.17, 15) is 9.59 Å². The first kappa shape index (κ1) is 23.3. The Morgan fingerprint density at radius 1 is 1.15 bits per heavy atom. The molecule has 0 saturated carbocycles. The lowest BCUT2D eigenvalue weighted by Crippen LogP contribution is -2.54. The zero-order valence-corrected chi connectivity index (χ0v) is 20.2. The molecule has 33 heavy (non-hydrogen) atoms. The molecular weight excluding hydrogens is 416 g/mol. The number of carbonyl (C=O) groups is 2. The van der Waals surface area contributed by atoms with E-state index in [1.807, 2.05) is 44.1 Å². The van der Waals surface area contributed by atoms with E-state index in [2.05, 4.69) is 17.2 Å². The van der Waals surface area contributed by atoms with Crippen LogP contribution in [0.5, 0.6) is 5.75 Å². The van der Waals surface area contributed by atoms with Crippen LogP contribution in [0.1, 0.15) is 60.6 Å². The van der Waals surface area contributed by atoms with Gasteiger partial charge in [-0.1, -0.05) is 24.6 Å². The van der Waals surface area contributed by atoms with Crippen LogP contribution in [0.4, 0.5) is 0 Å². The van der Waals surface area contributed by atoms with Crippen LogP contribution in [0, 0.1) is 12.3 Å². The Hall–Kier alpha value is -2.83. The number of aryl methyl sites for hydroxylation is 3. The molecule has 1 unspecified atom stereocenters. The third-order valence-corrected chi connectivity index (χ3v) is 7.17. The Morgan fingerprint density at radius 2 is 1.94 bits per heavy atom. The predicted octanol–water partition coefficient (Wildman–Crippen LogP) is 3.70. The number of carbonyl (C=O) groups excluding carboxylic acids is 2. The quantitative estimate of drug-likeness (QED) is 0.697. The van der Waals surface area contributed by atoms with E-state index in [1.165, 1.54) is 5.56 Å². The lowest BCUT2D eigenvalue weighted by atomic mass is 9.74. The van der Waals surface area contributed by atoms with Crippen LogP contribution in [0.15, 0.2) is 30.5 Å². The van der Waals surface area contributed by atoms with Crippen molar-refractivity contribution in [2.24, 2.45) is 5.41 Å². The zero-order chi connectivity index (χ0) is 23.4. The van der Waals surface area contributed by atoms with Gasteiger partial charge in [-0.2, -0.15) is 5.10 Å². The maximum atomic E-state index is 13.7. The molecule has 3 heterocycles. The maximum Gasteiger partial charge on any atom is 0.257 e. The molecule has 2 aliphatic heterocycles. The average Bonchev–Trinajstić information content (AvgIpc) is 3.21. The third kappa shape index (κ3) is 4.92. The third-order valence-electron chi connectivity index (χ3n) is 7.17. The number of rotatable bonds is 2. The highest BCUT2D eigenvalue weighted by atomic mass is 16.5. The number of aromatic nitrogens is 2. The summed E-state index contributed by atoms with van der Waals surface area (Å²) in [6.07, 6.45) is 7.18. The van der Waals surface area contributed by atoms with Crippen LogP contribution < -0.4 is 4.74 Å². The molecule has 2 amide bonds.